The number of epoxide rings is 1. The Bertz CT molecular complexity index is 571. The van der Waals surface area contributed by atoms with E-state index >= 15 is 0 Å². The molecule has 1 rings (SSSR count). The SMILES string of the molecule is CC(CC(C)C)=NCCN(CCN=C(C)CC(C)C)CC(O)COCC(C)(C)COCC1CO1. The lowest BCUT2D eigenvalue weighted by molar-refractivity contribution is -0.0377. The van der Waals surface area contributed by atoms with Crippen molar-refractivity contribution in [3.05, 3.63) is 0 Å². The van der Waals surface area contributed by atoms with Gasteiger partial charge in [0.15, 0.2) is 0 Å². The molecule has 0 spiro atoms. The number of rotatable bonds is 20. The van der Waals surface area contributed by atoms with Gasteiger partial charge in [-0.1, -0.05) is 41.5 Å². The zero-order valence-corrected chi connectivity index (χ0v) is 23.3. The van der Waals surface area contributed by atoms with E-state index in [1.807, 2.05) is 0 Å². The minimum absolute atomic E-state index is 0.0976. The molecule has 0 aromatic carbocycles. The van der Waals surface area contributed by atoms with E-state index in [0.717, 1.165) is 45.6 Å². The zero-order chi connectivity index (χ0) is 25.6. The van der Waals surface area contributed by atoms with E-state index in [9.17, 15) is 5.11 Å². The minimum Gasteiger partial charge on any atom is -0.389 e. The quantitative estimate of drug-likeness (QED) is 0.208. The third-order valence-corrected chi connectivity index (χ3v) is 5.47. The van der Waals surface area contributed by atoms with Crippen molar-refractivity contribution in [1.29, 1.82) is 0 Å². The van der Waals surface area contributed by atoms with E-state index in [2.05, 4.69) is 60.3 Å². The predicted molar refractivity (Wildman–Crippen MR) is 142 cm³/mol. The fourth-order valence-electron chi connectivity index (χ4n) is 3.86. The van der Waals surface area contributed by atoms with Crippen LogP contribution in [0.15, 0.2) is 9.98 Å². The lowest BCUT2D eigenvalue weighted by Crippen LogP contribution is -2.39. The van der Waals surface area contributed by atoms with Gasteiger partial charge in [0.05, 0.1) is 52.2 Å². The van der Waals surface area contributed by atoms with Crippen molar-refractivity contribution in [3.8, 4) is 0 Å². The third-order valence-electron chi connectivity index (χ3n) is 5.47. The summed E-state index contributed by atoms with van der Waals surface area (Å²) >= 11 is 0. The molecule has 1 aliphatic heterocycles. The van der Waals surface area contributed by atoms with Gasteiger partial charge >= 0.3 is 0 Å². The number of aliphatic imine (C=N–C) groups is 2. The fourth-order valence-corrected chi connectivity index (χ4v) is 3.86. The van der Waals surface area contributed by atoms with Crippen LogP contribution in [0.3, 0.4) is 0 Å². The summed E-state index contributed by atoms with van der Waals surface area (Å²) in [6, 6.07) is 0. The molecule has 0 bridgehead atoms. The van der Waals surface area contributed by atoms with Gasteiger partial charge in [0, 0.05) is 36.5 Å². The Hall–Kier alpha value is -0.860. The predicted octanol–water partition coefficient (Wildman–Crippen LogP) is 4.12. The molecule has 0 aromatic heterocycles. The van der Waals surface area contributed by atoms with Crippen LogP contribution in [0.2, 0.25) is 0 Å². The molecule has 2 atom stereocenters. The number of aliphatic hydroxyl groups is 1. The average Bonchev–Trinajstić information content (AvgIpc) is 3.50. The summed E-state index contributed by atoms with van der Waals surface area (Å²) in [5.74, 6) is 1.24. The summed E-state index contributed by atoms with van der Waals surface area (Å²) in [6.45, 7) is 23.9. The molecule has 2 unspecified atom stereocenters. The molecule has 0 saturated carbocycles. The van der Waals surface area contributed by atoms with Gasteiger partial charge in [0.2, 0.25) is 0 Å². The second-order valence-electron chi connectivity index (χ2n) is 11.5. The highest BCUT2D eigenvalue weighted by Gasteiger charge is 2.25. The molecule has 0 radical (unpaired) electrons. The van der Waals surface area contributed by atoms with Crippen molar-refractivity contribution in [1.82, 2.24) is 4.90 Å². The largest absolute Gasteiger partial charge is 0.389 e. The molecule has 1 aliphatic rings. The van der Waals surface area contributed by atoms with Crippen molar-refractivity contribution >= 4 is 11.4 Å². The molecular formula is C27H53N3O4. The van der Waals surface area contributed by atoms with Crippen LogP contribution in [0.1, 0.15) is 68.2 Å². The van der Waals surface area contributed by atoms with Crippen molar-refractivity contribution in [2.24, 2.45) is 27.2 Å². The van der Waals surface area contributed by atoms with E-state index in [4.69, 9.17) is 24.2 Å². The van der Waals surface area contributed by atoms with Gasteiger partial charge in [-0.2, -0.15) is 0 Å². The average molecular weight is 484 g/mol. The molecule has 1 saturated heterocycles. The summed E-state index contributed by atoms with van der Waals surface area (Å²) in [5.41, 5.74) is 2.30. The zero-order valence-electron chi connectivity index (χ0n) is 23.3. The highest BCUT2D eigenvalue weighted by atomic mass is 16.6. The highest BCUT2D eigenvalue weighted by molar-refractivity contribution is 5.82. The fraction of sp³-hybridized carbons (Fsp3) is 0.926. The molecule has 0 aromatic rings. The Kier molecular flexibility index (Phi) is 15.4. The van der Waals surface area contributed by atoms with Crippen molar-refractivity contribution in [3.63, 3.8) is 0 Å². The summed E-state index contributed by atoms with van der Waals surface area (Å²) in [6.07, 6.45) is 1.80. The van der Waals surface area contributed by atoms with Crippen LogP contribution in [0, 0.1) is 17.3 Å². The van der Waals surface area contributed by atoms with Crippen molar-refractivity contribution in [2.75, 3.05) is 65.8 Å². The van der Waals surface area contributed by atoms with Gasteiger partial charge in [-0.3, -0.25) is 14.9 Å². The van der Waals surface area contributed by atoms with Crippen LogP contribution < -0.4 is 0 Å². The maximum atomic E-state index is 10.6. The molecular weight excluding hydrogens is 430 g/mol. The molecule has 0 aliphatic carbocycles. The molecule has 34 heavy (non-hydrogen) atoms. The smallest absolute Gasteiger partial charge is 0.104 e. The number of hydrogen-bond acceptors (Lipinski definition) is 7. The number of ether oxygens (including phenoxy) is 3. The molecule has 0 amide bonds. The van der Waals surface area contributed by atoms with E-state index < -0.39 is 6.10 Å². The first-order valence-corrected chi connectivity index (χ1v) is 13.1. The minimum atomic E-state index is -0.543. The summed E-state index contributed by atoms with van der Waals surface area (Å²) in [5, 5.41) is 10.6. The first kappa shape index (κ1) is 31.2. The third kappa shape index (κ3) is 17.6. The Balaban J connectivity index is 2.46. The lowest BCUT2D eigenvalue weighted by atomic mass is 9.96. The Morgan fingerprint density at radius 2 is 1.47 bits per heavy atom. The summed E-state index contributed by atoms with van der Waals surface area (Å²) < 4.78 is 16.8. The summed E-state index contributed by atoms with van der Waals surface area (Å²) in [4.78, 5) is 11.7. The second kappa shape index (κ2) is 16.7. The van der Waals surface area contributed by atoms with Crippen molar-refractivity contribution in [2.45, 2.75) is 80.4 Å². The number of hydrogen-bond donors (Lipinski definition) is 1. The number of aliphatic hydroxyl groups excluding tert-OH is 1. The molecule has 200 valence electrons. The Morgan fingerprint density at radius 1 is 0.971 bits per heavy atom. The molecule has 1 heterocycles. The van der Waals surface area contributed by atoms with E-state index in [-0.39, 0.29) is 11.5 Å². The Labute approximate surface area is 209 Å². The van der Waals surface area contributed by atoms with Crippen molar-refractivity contribution < 1.29 is 19.3 Å². The molecule has 7 nitrogen and oxygen atoms in total. The van der Waals surface area contributed by atoms with Gasteiger partial charge in [-0.05, 0) is 38.5 Å². The second-order valence-corrected chi connectivity index (χ2v) is 11.5. The van der Waals surface area contributed by atoms with Crippen LogP contribution in [-0.4, -0.2) is 99.4 Å². The maximum absolute atomic E-state index is 10.6. The van der Waals surface area contributed by atoms with Gasteiger partial charge in [0.1, 0.15) is 6.10 Å². The van der Waals surface area contributed by atoms with E-state index in [1.165, 1.54) is 11.4 Å². The van der Waals surface area contributed by atoms with Gasteiger partial charge in [0.25, 0.3) is 0 Å². The van der Waals surface area contributed by atoms with Crippen LogP contribution in [-0.2, 0) is 14.2 Å². The normalized spacial score (nSPS) is 18.4. The summed E-state index contributed by atoms with van der Waals surface area (Å²) in [7, 11) is 0. The first-order chi connectivity index (χ1) is 16.0. The maximum Gasteiger partial charge on any atom is 0.104 e. The molecule has 7 heteroatoms. The highest BCUT2D eigenvalue weighted by Crippen LogP contribution is 2.18. The van der Waals surface area contributed by atoms with Crippen LogP contribution in [0.25, 0.3) is 0 Å². The monoisotopic (exact) mass is 483 g/mol. The molecule has 1 fully saturated rings. The van der Waals surface area contributed by atoms with Gasteiger partial charge < -0.3 is 19.3 Å². The topological polar surface area (TPSA) is 79.2 Å². The van der Waals surface area contributed by atoms with Gasteiger partial charge in [-0.25, -0.2) is 0 Å². The van der Waals surface area contributed by atoms with E-state index in [1.54, 1.807) is 0 Å². The van der Waals surface area contributed by atoms with Crippen LogP contribution in [0.4, 0.5) is 0 Å². The van der Waals surface area contributed by atoms with Crippen LogP contribution in [0.5, 0.6) is 0 Å². The van der Waals surface area contributed by atoms with E-state index in [0.29, 0.717) is 44.8 Å². The number of nitrogens with zero attached hydrogens (tertiary/aromatic N) is 3. The van der Waals surface area contributed by atoms with Gasteiger partial charge in [-0.15, -0.1) is 0 Å². The molecule has 1 N–H and O–H groups in total. The standard InChI is InChI=1S/C27H53N3O4/c1-21(2)13-23(5)28-9-11-30(12-10-29-24(6)14-22(3)4)15-25(31)16-32-19-27(7,8)20-33-17-26-18-34-26/h21-22,25-26,31H,9-20H2,1-8H3. The Morgan fingerprint density at radius 3 is 1.94 bits per heavy atom. The first-order valence-electron chi connectivity index (χ1n) is 13.1. The van der Waals surface area contributed by atoms with Crippen LogP contribution >= 0.6 is 0 Å². The lowest BCUT2D eigenvalue weighted by Gasteiger charge is -2.27.